The lowest BCUT2D eigenvalue weighted by Crippen LogP contribution is -2.45. The number of hydrogen-bond acceptors (Lipinski definition) is 4. The Labute approximate surface area is 221 Å². The van der Waals surface area contributed by atoms with Crippen molar-refractivity contribution in [2.24, 2.45) is 22.9 Å². The number of fused-ring (bicyclic) bond motifs is 1. The van der Waals surface area contributed by atoms with Crippen LogP contribution in [0.15, 0.2) is 47.6 Å². The van der Waals surface area contributed by atoms with E-state index in [9.17, 15) is 4.79 Å². The molecule has 1 saturated heterocycles. The van der Waals surface area contributed by atoms with Crippen molar-refractivity contribution in [1.82, 2.24) is 10.4 Å². The quantitative estimate of drug-likeness (QED) is 0.454. The molecule has 2 fully saturated rings. The van der Waals surface area contributed by atoms with Gasteiger partial charge in [-0.3, -0.25) is 15.2 Å². The molecule has 4 atom stereocenters. The molecular weight excluding hydrogens is 514 g/mol. The van der Waals surface area contributed by atoms with Crippen molar-refractivity contribution in [3.63, 3.8) is 0 Å². The lowest BCUT2D eigenvalue weighted by molar-refractivity contribution is -0.119. The van der Waals surface area contributed by atoms with E-state index in [1.54, 1.807) is 12.1 Å². The molecule has 0 spiro atoms. The first-order chi connectivity index (χ1) is 15.9. The summed E-state index contributed by atoms with van der Waals surface area (Å²) >= 11 is 18.9. The fraction of sp³-hybridized carbons (Fsp3) is 0.440. The fourth-order valence-corrected chi connectivity index (χ4v) is 6.26. The summed E-state index contributed by atoms with van der Waals surface area (Å²) in [6.45, 7) is 3.94. The normalized spacial score (nSPS) is 26.2. The Morgan fingerprint density at radius 3 is 2.29 bits per heavy atom. The van der Waals surface area contributed by atoms with E-state index in [4.69, 9.17) is 39.9 Å². The van der Waals surface area contributed by atoms with Crippen LogP contribution in [0.3, 0.4) is 0 Å². The molecule has 2 unspecified atom stereocenters. The third-order valence-electron chi connectivity index (χ3n) is 7.24. The first-order valence-electron chi connectivity index (χ1n) is 11.6. The SMILES string of the molecule is CC[C@@H]1C(C(=O)NN2CC3CCCC3C2)=NN(c2ccc(Cl)cc2Cl)[C@@H]1c1ccc(Cl)cc1.Cl. The van der Waals surface area contributed by atoms with Gasteiger partial charge in [0.25, 0.3) is 5.91 Å². The van der Waals surface area contributed by atoms with Crippen molar-refractivity contribution < 1.29 is 4.79 Å². The van der Waals surface area contributed by atoms with Gasteiger partial charge in [0.05, 0.1) is 16.8 Å². The molecule has 2 heterocycles. The Balaban J connectivity index is 0.00000274. The molecule has 1 aliphatic carbocycles. The average molecular weight is 542 g/mol. The second kappa shape index (κ2) is 10.6. The summed E-state index contributed by atoms with van der Waals surface area (Å²) in [7, 11) is 0. The van der Waals surface area contributed by atoms with Gasteiger partial charge in [-0.25, -0.2) is 5.01 Å². The van der Waals surface area contributed by atoms with E-state index in [0.29, 0.717) is 32.6 Å². The number of amides is 1. The van der Waals surface area contributed by atoms with Gasteiger partial charge < -0.3 is 0 Å². The number of benzene rings is 2. The monoisotopic (exact) mass is 540 g/mol. The summed E-state index contributed by atoms with van der Waals surface area (Å²) in [5.74, 6) is 1.17. The Bertz CT molecular complexity index is 1070. The number of hydrogen-bond donors (Lipinski definition) is 1. The van der Waals surface area contributed by atoms with Gasteiger partial charge in [0, 0.05) is 29.1 Å². The molecule has 182 valence electrons. The number of nitrogens with zero attached hydrogens (tertiary/aromatic N) is 3. The van der Waals surface area contributed by atoms with E-state index in [1.807, 2.05) is 35.3 Å². The van der Waals surface area contributed by atoms with Crippen molar-refractivity contribution >= 4 is 64.5 Å². The zero-order valence-electron chi connectivity index (χ0n) is 18.9. The van der Waals surface area contributed by atoms with Gasteiger partial charge in [-0.2, -0.15) is 5.10 Å². The molecule has 1 N–H and O–H groups in total. The highest BCUT2D eigenvalue weighted by Gasteiger charge is 2.43. The van der Waals surface area contributed by atoms with Gasteiger partial charge in [-0.15, -0.1) is 12.4 Å². The molecule has 2 aliphatic heterocycles. The molecular formula is C25H28Cl4N4O. The van der Waals surface area contributed by atoms with Crippen molar-refractivity contribution in [3.8, 4) is 0 Å². The van der Waals surface area contributed by atoms with Gasteiger partial charge >= 0.3 is 0 Å². The summed E-state index contributed by atoms with van der Waals surface area (Å²) in [6.07, 6.45) is 4.59. The molecule has 0 bridgehead atoms. The molecule has 5 rings (SSSR count). The summed E-state index contributed by atoms with van der Waals surface area (Å²) < 4.78 is 0. The van der Waals surface area contributed by atoms with Crippen LogP contribution in [0.1, 0.15) is 44.2 Å². The minimum atomic E-state index is -0.176. The van der Waals surface area contributed by atoms with Crippen LogP contribution >= 0.6 is 47.2 Å². The Morgan fingerprint density at radius 1 is 1.03 bits per heavy atom. The molecule has 0 aromatic heterocycles. The van der Waals surface area contributed by atoms with Crippen LogP contribution in [-0.4, -0.2) is 29.7 Å². The molecule has 3 aliphatic rings. The first kappa shape index (κ1) is 25.6. The third-order valence-corrected chi connectivity index (χ3v) is 8.03. The second-order valence-electron chi connectivity index (χ2n) is 9.23. The van der Waals surface area contributed by atoms with Crippen LogP contribution in [-0.2, 0) is 4.79 Å². The smallest absolute Gasteiger partial charge is 0.282 e. The number of carbonyl (C=O) groups excluding carboxylic acids is 1. The Hall–Kier alpha value is -1.50. The van der Waals surface area contributed by atoms with Crippen molar-refractivity contribution in [2.75, 3.05) is 18.1 Å². The van der Waals surface area contributed by atoms with E-state index in [2.05, 4.69) is 17.4 Å². The van der Waals surface area contributed by atoms with Crippen LogP contribution in [0.4, 0.5) is 5.69 Å². The Morgan fingerprint density at radius 2 is 1.68 bits per heavy atom. The molecule has 0 radical (unpaired) electrons. The van der Waals surface area contributed by atoms with E-state index >= 15 is 0 Å². The predicted molar refractivity (Wildman–Crippen MR) is 142 cm³/mol. The number of rotatable bonds is 5. The van der Waals surface area contributed by atoms with Gasteiger partial charge in [0.1, 0.15) is 5.71 Å². The Kier molecular flexibility index (Phi) is 8.00. The van der Waals surface area contributed by atoms with Gasteiger partial charge in [-0.1, -0.05) is 60.3 Å². The molecule has 9 heteroatoms. The van der Waals surface area contributed by atoms with Gasteiger partial charge in [0.2, 0.25) is 0 Å². The van der Waals surface area contributed by atoms with Crippen molar-refractivity contribution in [1.29, 1.82) is 0 Å². The van der Waals surface area contributed by atoms with E-state index < -0.39 is 0 Å². The third kappa shape index (κ3) is 4.91. The van der Waals surface area contributed by atoms with Gasteiger partial charge in [-0.05, 0) is 67.0 Å². The van der Waals surface area contributed by atoms with E-state index in [-0.39, 0.29) is 30.3 Å². The molecule has 1 saturated carbocycles. The number of anilines is 1. The highest BCUT2D eigenvalue weighted by Crippen LogP contribution is 2.44. The molecule has 2 aromatic rings. The maximum absolute atomic E-state index is 13.5. The summed E-state index contributed by atoms with van der Waals surface area (Å²) in [4.78, 5) is 13.5. The minimum Gasteiger partial charge on any atom is -0.284 e. The second-order valence-corrected chi connectivity index (χ2v) is 10.5. The number of carbonyl (C=O) groups is 1. The first-order valence-corrected chi connectivity index (χ1v) is 12.7. The standard InChI is InChI=1S/C25H27Cl3N4O.ClH/c1-2-20-23(25(33)30-31-13-16-4-3-5-17(16)14-31)29-32(22-11-10-19(27)12-21(22)28)24(20)15-6-8-18(26)9-7-15;/h6-12,16-17,20,24H,2-5,13-14H2,1H3,(H,30,33);1H/t16?,17?,20-,24-;/m1./s1. The zero-order valence-corrected chi connectivity index (χ0v) is 22.0. The molecule has 34 heavy (non-hydrogen) atoms. The summed E-state index contributed by atoms with van der Waals surface area (Å²) in [5.41, 5.74) is 5.43. The number of hydrazine groups is 1. The summed E-state index contributed by atoms with van der Waals surface area (Å²) in [6, 6.07) is 12.9. The summed E-state index contributed by atoms with van der Waals surface area (Å²) in [5, 5.41) is 10.5. The highest BCUT2D eigenvalue weighted by molar-refractivity contribution is 6.41. The van der Waals surface area contributed by atoms with E-state index in [0.717, 1.165) is 30.8 Å². The lowest BCUT2D eigenvalue weighted by atomic mass is 9.87. The minimum absolute atomic E-state index is 0. The van der Waals surface area contributed by atoms with Crippen molar-refractivity contribution in [3.05, 3.63) is 63.1 Å². The molecule has 1 amide bonds. The number of nitrogens with one attached hydrogen (secondary N) is 1. The maximum Gasteiger partial charge on any atom is 0.282 e. The maximum atomic E-state index is 13.5. The van der Waals surface area contributed by atoms with Crippen LogP contribution in [0, 0.1) is 17.8 Å². The van der Waals surface area contributed by atoms with Crippen LogP contribution in [0.25, 0.3) is 0 Å². The zero-order chi connectivity index (χ0) is 23.1. The van der Waals surface area contributed by atoms with Crippen LogP contribution < -0.4 is 10.4 Å². The van der Waals surface area contributed by atoms with Crippen molar-refractivity contribution in [2.45, 2.75) is 38.6 Å². The highest BCUT2D eigenvalue weighted by atomic mass is 35.5. The van der Waals surface area contributed by atoms with E-state index in [1.165, 1.54) is 19.3 Å². The van der Waals surface area contributed by atoms with Crippen LogP contribution in [0.2, 0.25) is 15.1 Å². The molecule has 5 nitrogen and oxygen atoms in total. The molecule has 2 aromatic carbocycles. The fourth-order valence-electron chi connectivity index (χ4n) is 5.63. The largest absolute Gasteiger partial charge is 0.284 e. The predicted octanol–water partition coefficient (Wildman–Crippen LogP) is 6.78. The van der Waals surface area contributed by atoms with Gasteiger partial charge in [0.15, 0.2) is 0 Å². The number of hydrazone groups is 1. The lowest BCUT2D eigenvalue weighted by Gasteiger charge is -2.29. The average Bonchev–Trinajstić information content (AvgIpc) is 3.47. The number of halogens is 4. The van der Waals surface area contributed by atoms with Crippen LogP contribution in [0.5, 0.6) is 0 Å². The topological polar surface area (TPSA) is 47.9 Å².